The monoisotopic (exact) mass is 325 g/mol. The van der Waals surface area contributed by atoms with E-state index >= 15 is 0 Å². The van der Waals surface area contributed by atoms with Gasteiger partial charge in [0, 0.05) is 5.69 Å². The van der Waals surface area contributed by atoms with E-state index in [1.807, 2.05) is 43.3 Å². The second-order valence-electron chi connectivity index (χ2n) is 5.84. The summed E-state index contributed by atoms with van der Waals surface area (Å²) in [6, 6.07) is 14.8. The van der Waals surface area contributed by atoms with Crippen LogP contribution in [0.1, 0.15) is 47.7 Å². The summed E-state index contributed by atoms with van der Waals surface area (Å²) in [6.45, 7) is 5.75. The van der Waals surface area contributed by atoms with Gasteiger partial charge >= 0.3 is 5.97 Å². The van der Waals surface area contributed by atoms with Gasteiger partial charge in [-0.3, -0.25) is 4.79 Å². The number of aryl methyl sites for hydroxylation is 1. The van der Waals surface area contributed by atoms with Gasteiger partial charge in [-0.1, -0.05) is 50.2 Å². The number of rotatable bonds is 6. The molecule has 4 nitrogen and oxygen atoms in total. The van der Waals surface area contributed by atoms with E-state index in [0.717, 1.165) is 23.2 Å². The number of anilines is 1. The average molecular weight is 325 g/mol. The number of benzene rings is 2. The van der Waals surface area contributed by atoms with Gasteiger partial charge < -0.3 is 10.1 Å². The maximum Gasteiger partial charge on any atom is 0.338 e. The highest BCUT2D eigenvalue weighted by atomic mass is 16.5. The Hall–Kier alpha value is -2.62. The lowest BCUT2D eigenvalue weighted by Crippen LogP contribution is -2.22. The molecule has 24 heavy (non-hydrogen) atoms. The summed E-state index contributed by atoms with van der Waals surface area (Å²) in [5.41, 5.74) is 3.15. The summed E-state index contributed by atoms with van der Waals surface area (Å²) >= 11 is 0. The molecule has 2 rings (SSSR count). The van der Waals surface area contributed by atoms with Crippen LogP contribution in [0.2, 0.25) is 0 Å². The topological polar surface area (TPSA) is 55.4 Å². The Morgan fingerprint density at radius 3 is 2.46 bits per heavy atom. The Bertz CT molecular complexity index is 724. The van der Waals surface area contributed by atoms with Crippen LogP contribution in [0, 0.1) is 6.92 Å². The molecular weight excluding hydrogens is 302 g/mol. The molecule has 0 saturated heterocycles. The fourth-order valence-corrected chi connectivity index (χ4v) is 2.46. The van der Waals surface area contributed by atoms with Gasteiger partial charge in [-0.25, -0.2) is 4.79 Å². The first-order valence-electron chi connectivity index (χ1n) is 8.14. The number of carbonyl (C=O) groups is 2. The molecule has 2 aromatic carbocycles. The standard InChI is InChI=1S/C20H23NO3/c1-4-14(2)16-10-7-8-12-18(16)21-19(22)13-24-20(23)17-11-6-5-9-15(17)3/h5-12,14H,4,13H2,1-3H3,(H,21,22)/t14-/m0/s1. The number of esters is 1. The number of nitrogens with one attached hydrogen (secondary N) is 1. The summed E-state index contributed by atoms with van der Waals surface area (Å²) in [4.78, 5) is 24.1. The zero-order chi connectivity index (χ0) is 17.5. The smallest absolute Gasteiger partial charge is 0.338 e. The number of hydrogen-bond acceptors (Lipinski definition) is 3. The molecule has 0 bridgehead atoms. The molecule has 0 fully saturated rings. The van der Waals surface area contributed by atoms with Crippen molar-refractivity contribution in [3.63, 3.8) is 0 Å². The molecule has 1 amide bonds. The maximum atomic E-state index is 12.1. The van der Waals surface area contributed by atoms with Gasteiger partial charge in [0.2, 0.25) is 0 Å². The Labute approximate surface area is 142 Å². The largest absolute Gasteiger partial charge is 0.452 e. The van der Waals surface area contributed by atoms with Gasteiger partial charge in [-0.05, 0) is 42.5 Å². The van der Waals surface area contributed by atoms with Crippen molar-refractivity contribution in [1.82, 2.24) is 0 Å². The van der Waals surface area contributed by atoms with Crippen LogP contribution in [0.15, 0.2) is 48.5 Å². The summed E-state index contributed by atoms with van der Waals surface area (Å²) < 4.78 is 5.12. The summed E-state index contributed by atoms with van der Waals surface area (Å²) in [6.07, 6.45) is 0.981. The highest BCUT2D eigenvalue weighted by Crippen LogP contribution is 2.26. The van der Waals surface area contributed by atoms with Crippen LogP contribution in [-0.2, 0) is 9.53 Å². The molecule has 0 unspecified atom stereocenters. The lowest BCUT2D eigenvalue weighted by molar-refractivity contribution is -0.119. The van der Waals surface area contributed by atoms with Crippen molar-refractivity contribution >= 4 is 17.6 Å². The molecule has 0 heterocycles. The summed E-state index contributed by atoms with van der Waals surface area (Å²) in [7, 11) is 0. The molecule has 0 aliphatic rings. The molecule has 0 saturated carbocycles. The molecule has 0 aromatic heterocycles. The first-order valence-corrected chi connectivity index (χ1v) is 8.14. The second kappa shape index (κ2) is 8.29. The lowest BCUT2D eigenvalue weighted by Gasteiger charge is -2.15. The van der Waals surface area contributed by atoms with E-state index < -0.39 is 5.97 Å². The molecule has 0 radical (unpaired) electrons. The van der Waals surface area contributed by atoms with E-state index in [1.54, 1.807) is 12.1 Å². The maximum absolute atomic E-state index is 12.1. The molecule has 0 aliphatic heterocycles. The van der Waals surface area contributed by atoms with Gasteiger partial charge in [0.1, 0.15) is 0 Å². The minimum atomic E-state index is -0.488. The van der Waals surface area contributed by atoms with Crippen LogP contribution < -0.4 is 5.32 Å². The highest BCUT2D eigenvalue weighted by molar-refractivity contribution is 5.96. The predicted molar refractivity (Wildman–Crippen MR) is 95.2 cm³/mol. The minimum absolute atomic E-state index is 0.304. The van der Waals surface area contributed by atoms with Crippen molar-refractivity contribution in [2.45, 2.75) is 33.1 Å². The normalized spacial score (nSPS) is 11.6. The Balaban J connectivity index is 1.97. The fourth-order valence-electron chi connectivity index (χ4n) is 2.46. The minimum Gasteiger partial charge on any atom is -0.452 e. The van der Waals surface area contributed by atoms with Crippen LogP contribution in [0.3, 0.4) is 0 Å². The lowest BCUT2D eigenvalue weighted by atomic mass is 9.97. The van der Waals surface area contributed by atoms with E-state index in [1.165, 1.54) is 0 Å². The molecule has 1 N–H and O–H groups in total. The first-order chi connectivity index (χ1) is 11.5. The molecule has 2 aromatic rings. The van der Waals surface area contributed by atoms with Crippen LogP contribution in [0.25, 0.3) is 0 Å². The molecule has 1 atom stereocenters. The zero-order valence-corrected chi connectivity index (χ0v) is 14.3. The summed E-state index contributed by atoms with van der Waals surface area (Å²) in [5, 5.41) is 2.83. The quantitative estimate of drug-likeness (QED) is 0.805. The van der Waals surface area contributed by atoms with Crippen molar-refractivity contribution in [1.29, 1.82) is 0 Å². The van der Waals surface area contributed by atoms with E-state index in [9.17, 15) is 9.59 Å². The fraction of sp³-hybridized carbons (Fsp3) is 0.300. The molecular formula is C20H23NO3. The Morgan fingerprint density at radius 1 is 1.08 bits per heavy atom. The van der Waals surface area contributed by atoms with E-state index in [4.69, 9.17) is 4.74 Å². The number of amides is 1. The van der Waals surface area contributed by atoms with E-state index in [2.05, 4.69) is 19.2 Å². The van der Waals surface area contributed by atoms with Crippen LogP contribution in [0.5, 0.6) is 0 Å². The average Bonchev–Trinajstić information content (AvgIpc) is 2.60. The molecule has 0 aliphatic carbocycles. The van der Waals surface area contributed by atoms with Crippen LogP contribution in [0.4, 0.5) is 5.69 Å². The predicted octanol–water partition coefficient (Wildman–Crippen LogP) is 4.30. The zero-order valence-electron chi connectivity index (χ0n) is 14.3. The molecule has 0 spiro atoms. The summed E-state index contributed by atoms with van der Waals surface area (Å²) in [5.74, 6) is -0.484. The number of ether oxygens (including phenoxy) is 1. The second-order valence-corrected chi connectivity index (χ2v) is 5.84. The van der Waals surface area contributed by atoms with Crippen molar-refractivity contribution in [3.05, 3.63) is 65.2 Å². The number of hydrogen-bond donors (Lipinski definition) is 1. The number of para-hydroxylation sites is 1. The third-order valence-electron chi connectivity index (χ3n) is 4.08. The molecule has 4 heteroatoms. The van der Waals surface area contributed by atoms with Gasteiger partial charge in [0.25, 0.3) is 5.91 Å². The van der Waals surface area contributed by atoms with E-state index in [-0.39, 0.29) is 12.5 Å². The van der Waals surface area contributed by atoms with Crippen molar-refractivity contribution in [3.8, 4) is 0 Å². The van der Waals surface area contributed by atoms with Crippen LogP contribution in [-0.4, -0.2) is 18.5 Å². The SMILES string of the molecule is CC[C@H](C)c1ccccc1NC(=O)COC(=O)c1ccccc1C. The third kappa shape index (κ3) is 4.44. The van der Waals surface area contributed by atoms with Gasteiger partial charge in [-0.15, -0.1) is 0 Å². The van der Waals surface area contributed by atoms with Crippen molar-refractivity contribution < 1.29 is 14.3 Å². The van der Waals surface area contributed by atoms with Crippen LogP contribution >= 0.6 is 0 Å². The van der Waals surface area contributed by atoms with Gasteiger partial charge in [0.15, 0.2) is 6.61 Å². The van der Waals surface area contributed by atoms with Crippen molar-refractivity contribution in [2.24, 2.45) is 0 Å². The Morgan fingerprint density at radius 2 is 1.75 bits per heavy atom. The number of carbonyl (C=O) groups excluding carboxylic acids is 2. The highest BCUT2D eigenvalue weighted by Gasteiger charge is 2.14. The Kier molecular flexibility index (Phi) is 6.13. The molecule has 126 valence electrons. The van der Waals surface area contributed by atoms with Gasteiger partial charge in [-0.2, -0.15) is 0 Å². The van der Waals surface area contributed by atoms with Gasteiger partial charge in [0.05, 0.1) is 5.56 Å². The first kappa shape index (κ1) is 17.7. The third-order valence-corrected chi connectivity index (χ3v) is 4.08. The van der Waals surface area contributed by atoms with E-state index in [0.29, 0.717) is 11.5 Å². The van der Waals surface area contributed by atoms with Crippen molar-refractivity contribution in [2.75, 3.05) is 11.9 Å².